The molecular weight excluding hydrogens is 378 g/mol. The summed E-state index contributed by atoms with van der Waals surface area (Å²) in [5.41, 5.74) is 3.66. The van der Waals surface area contributed by atoms with E-state index >= 15 is 0 Å². The summed E-state index contributed by atoms with van der Waals surface area (Å²) in [6.07, 6.45) is 2.07. The Morgan fingerprint density at radius 2 is 1.77 bits per heavy atom. The van der Waals surface area contributed by atoms with Gasteiger partial charge in [0.05, 0.1) is 13.2 Å². The van der Waals surface area contributed by atoms with Crippen LogP contribution in [-0.4, -0.2) is 52.9 Å². The molecule has 2 amide bonds. The van der Waals surface area contributed by atoms with Crippen LogP contribution in [0, 0.1) is 0 Å². The molecule has 3 heterocycles. The van der Waals surface area contributed by atoms with Crippen molar-refractivity contribution in [2.45, 2.75) is 18.9 Å². The van der Waals surface area contributed by atoms with Crippen LogP contribution in [0.25, 0.3) is 10.9 Å². The zero-order chi connectivity index (χ0) is 20.8. The predicted molar refractivity (Wildman–Crippen MR) is 115 cm³/mol. The van der Waals surface area contributed by atoms with Crippen LogP contribution in [0.2, 0.25) is 0 Å². The Kier molecular flexibility index (Phi) is 4.50. The van der Waals surface area contributed by atoms with Gasteiger partial charge in [0.25, 0.3) is 5.91 Å². The van der Waals surface area contributed by atoms with E-state index in [0.29, 0.717) is 5.69 Å². The van der Waals surface area contributed by atoms with Crippen molar-refractivity contribution in [2.24, 2.45) is 7.05 Å². The Labute approximate surface area is 175 Å². The number of para-hydroxylation sites is 1. The second kappa shape index (κ2) is 7.20. The minimum Gasteiger partial charge on any atom is -0.497 e. The summed E-state index contributed by atoms with van der Waals surface area (Å²) in [7, 11) is 3.56. The molecule has 1 fully saturated rings. The van der Waals surface area contributed by atoms with E-state index in [1.54, 1.807) is 12.0 Å². The Hall–Kier alpha value is -3.28. The fourth-order valence-electron chi connectivity index (χ4n) is 4.88. The number of carbonyl (C=O) groups excluding carboxylic acids is 2. The zero-order valence-corrected chi connectivity index (χ0v) is 17.3. The first kappa shape index (κ1) is 18.7. The zero-order valence-electron chi connectivity index (χ0n) is 17.3. The van der Waals surface area contributed by atoms with Crippen LogP contribution in [-0.2, 0) is 11.8 Å². The van der Waals surface area contributed by atoms with Crippen molar-refractivity contribution >= 4 is 22.7 Å². The van der Waals surface area contributed by atoms with E-state index in [4.69, 9.17) is 4.74 Å². The molecule has 2 aliphatic rings. The van der Waals surface area contributed by atoms with Crippen molar-refractivity contribution in [3.63, 3.8) is 0 Å². The fraction of sp³-hybridized carbons (Fsp3) is 0.333. The average molecular weight is 403 g/mol. The maximum absolute atomic E-state index is 13.6. The minimum atomic E-state index is -0.295. The van der Waals surface area contributed by atoms with Gasteiger partial charge in [-0.2, -0.15) is 0 Å². The molecule has 0 bridgehead atoms. The first-order valence-electron chi connectivity index (χ1n) is 10.4. The molecule has 0 saturated carbocycles. The maximum atomic E-state index is 13.6. The number of nitrogens with zero attached hydrogens (tertiary/aromatic N) is 3. The third kappa shape index (κ3) is 2.78. The largest absolute Gasteiger partial charge is 0.497 e. The number of methoxy groups -OCH3 is 1. The van der Waals surface area contributed by atoms with Crippen LogP contribution >= 0.6 is 0 Å². The van der Waals surface area contributed by atoms with Gasteiger partial charge >= 0.3 is 0 Å². The van der Waals surface area contributed by atoms with E-state index in [9.17, 15) is 9.59 Å². The molecule has 0 radical (unpaired) electrons. The van der Waals surface area contributed by atoms with Gasteiger partial charge in [0.1, 0.15) is 18.0 Å². The third-order valence-corrected chi connectivity index (χ3v) is 6.39. The Balaban J connectivity index is 1.62. The van der Waals surface area contributed by atoms with E-state index < -0.39 is 0 Å². The van der Waals surface area contributed by atoms with Crippen molar-refractivity contribution in [2.75, 3.05) is 26.7 Å². The van der Waals surface area contributed by atoms with Crippen LogP contribution < -0.4 is 4.74 Å². The summed E-state index contributed by atoms with van der Waals surface area (Å²) in [4.78, 5) is 30.1. The molecule has 0 N–H and O–H groups in total. The van der Waals surface area contributed by atoms with Gasteiger partial charge in [-0.15, -0.1) is 0 Å². The standard InChI is InChI=1S/C24H25N3O3/c1-25-19-8-4-3-7-18(19)21-22(16-9-11-17(30-2)12-10-16)27(24(29)23(21)25)15-20(28)26-13-5-6-14-26/h3-4,7-12,22H,5-6,13-15H2,1-2H3/t22-/m0/s1. The smallest absolute Gasteiger partial charge is 0.272 e. The van der Waals surface area contributed by atoms with Crippen molar-refractivity contribution in [1.29, 1.82) is 0 Å². The molecule has 2 aromatic carbocycles. The first-order valence-corrected chi connectivity index (χ1v) is 10.4. The SMILES string of the molecule is COc1ccc([C@H]2c3c(n(C)c4ccccc34)C(=O)N2CC(=O)N2CCCC2)cc1. The third-order valence-electron chi connectivity index (χ3n) is 6.39. The molecule has 6 nitrogen and oxygen atoms in total. The Morgan fingerprint density at radius 1 is 1.07 bits per heavy atom. The predicted octanol–water partition coefficient (Wildman–Crippen LogP) is 3.35. The lowest BCUT2D eigenvalue weighted by Gasteiger charge is -2.28. The number of hydrogen-bond acceptors (Lipinski definition) is 3. The van der Waals surface area contributed by atoms with Crippen LogP contribution in [0.4, 0.5) is 0 Å². The van der Waals surface area contributed by atoms with Crippen molar-refractivity contribution < 1.29 is 14.3 Å². The lowest BCUT2D eigenvalue weighted by Crippen LogP contribution is -2.41. The highest BCUT2D eigenvalue weighted by atomic mass is 16.5. The normalized spacial score (nSPS) is 18.3. The number of carbonyl (C=O) groups is 2. The molecule has 0 aliphatic carbocycles. The monoisotopic (exact) mass is 403 g/mol. The molecule has 0 unspecified atom stereocenters. The Morgan fingerprint density at radius 3 is 2.47 bits per heavy atom. The number of aryl methyl sites for hydroxylation is 1. The van der Waals surface area contributed by atoms with E-state index in [-0.39, 0.29) is 24.4 Å². The van der Waals surface area contributed by atoms with Gasteiger partial charge in [0, 0.05) is 36.6 Å². The van der Waals surface area contributed by atoms with Crippen LogP contribution in [0.5, 0.6) is 5.75 Å². The maximum Gasteiger partial charge on any atom is 0.272 e. The van der Waals surface area contributed by atoms with E-state index in [1.165, 1.54) is 0 Å². The highest BCUT2D eigenvalue weighted by Gasteiger charge is 2.43. The van der Waals surface area contributed by atoms with Crippen LogP contribution in [0.15, 0.2) is 48.5 Å². The molecule has 1 saturated heterocycles. The van der Waals surface area contributed by atoms with Crippen LogP contribution in [0.3, 0.4) is 0 Å². The van der Waals surface area contributed by atoms with Gasteiger partial charge in [-0.05, 0) is 36.6 Å². The summed E-state index contributed by atoms with van der Waals surface area (Å²) in [5.74, 6) is 0.703. The average Bonchev–Trinajstić information content (AvgIpc) is 3.47. The van der Waals surface area contributed by atoms with E-state index in [2.05, 4.69) is 6.07 Å². The van der Waals surface area contributed by atoms with Gasteiger partial charge in [-0.3, -0.25) is 9.59 Å². The number of rotatable bonds is 4. The summed E-state index contributed by atoms with van der Waals surface area (Å²) >= 11 is 0. The van der Waals surface area contributed by atoms with Gasteiger partial charge in [0.15, 0.2) is 0 Å². The number of benzene rings is 2. The molecule has 5 rings (SSSR count). The van der Waals surface area contributed by atoms with Crippen molar-refractivity contribution in [3.05, 3.63) is 65.4 Å². The number of likely N-dealkylation sites (tertiary alicyclic amines) is 1. The molecule has 0 spiro atoms. The van der Waals surface area contributed by atoms with Gasteiger partial charge < -0.3 is 19.1 Å². The fourth-order valence-corrected chi connectivity index (χ4v) is 4.88. The molecule has 1 aromatic heterocycles. The molecule has 6 heteroatoms. The number of amides is 2. The highest BCUT2D eigenvalue weighted by Crippen LogP contribution is 2.44. The lowest BCUT2D eigenvalue weighted by atomic mass is 9.98. The Bertz CT molecular complexity index is 1130. The summed E-state index contributed by atoms with van der Waals surface area (Å²) in [5, 5.41) is 1.06. The van der Waals surface area contributed by atoms with Crippen molar-refractivity contribution in [1.82, 2.24) is 14.4 Å². The van der Waals surface area contributed by atoms with E-state index in [1.807, 2.05) is 59.0 Å². The first-order chi connectivity index (χ1) is 14.6. The number of ether oxygens (including phenoxy) is 1. The number of fused-ring (bicyclic) bond motifs is 3. The van der Waals surface area contributed by atoms with Gasteiger partial charge in [-0.1, -0.05) is 30.3 Å². The lowest BCUT2D eigenvalue weighted by molar-refractivity contribution is -0.131. The van der Waals surface area contributed by atoms with Gasteiger partial charge in [0.2, 0.25) is 5.91 Å². The molecule has 3 aromatic rings. The topological polar surface area (TPSA) is 54.8 Å². The quantitative estimate of drug-likeness (QED) is 0.671. The molecule has 154 valence electrons. The van der Waals surface area contributed by atoms with Gasteiger partial charge in [-0.25, -0.2) is 0 Å². The molecule has 2 aliphatic heterocycles. The summed E-state index contributed by atoms with van der Waals surface area (Å²) < 4.78 is 7.27. The van der Waals surface area contributed by atoms with E-state index in [0.717, 1.165) is 53.7 Å². The summed E-state index contributed by atoms with van der Waals surface area (Å²) in [6, 6.07) is 15.6. The molecule has 30 heavy (non-hydrogen) atoms. The molecule has 1 atom stereocenters. The summed E-state index contributed by atoms with van der Waals surface area (Å²) in [6.45, 7) is 1.66. The van der Waals surface area contributed by atoms with Crippen LogP contribution in [0.1, 0.15) is 40.5 Å². The van der Waals surface area contributed by atoms with Crippen molar-refractivity contribution in [3.8, 4) is 5.75 Å². The second-order valence-electron chi connectivity index (χ2n) is 8.04. The number of aromatic nitrogens is 1. The highest BCUT2D eigenvalue weighted by molar-refractivity contribution is 6.07. The second-order valence-corrected chi connectivity index (χ2v) is 8.04. The minimum absolute atomic E-state index is 0.0245. The number of hydrogen-bond donors (Lipinski definition) is 0. The molecular formula is C24H25N3O3.